The number of hydrogen-bond acceptors (Lipinski definition) is 1. The average Bonchev–Trinajstić information content (AvgIpc) is 2.44. The third-order valence-electron chi connectivity index (χ3n) is 3.11. The minimum absolute atomic E-state index is 0.636. The van der Waals surface area contributed by atoms with Gasteiger partial charge in [0.1, 0.15) is 0 Å². The van der Waals surface area contributed by atoms with Gasteiger partial charge >= 0.3 is 0 Å². The third kappa shape index (κ3) is 0.878. The van der Waals surface area contributed by atoms with Crippen LogP contribution in [0.4, 0.5) is 0 Å². The van der Waals surface area contributed by atoms with E-state index in [1.807, 2.05) is 0 Å². The molecule has 0 aromatic heterocycles. The summed E-state index contributed by atoms with van der Waals surface area (Å²) in [5, 5.41) is 0. The lowest BCUT2D eigenvalue weighted by Crippen LogP contribution is -2.21. The summed E-state index contributed by atoms with van der Waals surface area (Å²) in [7, 11) is 0. The number of ether oxygens (including phenoxy) is 1. The molecule has 3 atom stereocenters. The molecule has 58 valence electrons. The van der Waals surface area contributed by atoms with E-state index in [9.17, 15) is 0 Å². The SMILES string of the molecule is CC(C)[C@@H]1C[C@H]2C[C@@H]1CO2. The normalized spacial score (nSPS) is 45.3. The van der Waals surface area contributed by atoms with Crippen LogP contribution in [-0.2, 0) is 4.74 Å². The topological polar surface area (TPSA) is 9.23 Å². The fourth-order valence-electron chi connectivity index (χ4n) is 2.51. The van der Waals surface area contributed by atoms with Crippen molar-refractivity contribution < 1.29 is 4.74 Å². The molecular formula is C9H16O. The second-order valence-corrected chi connectivity index (χ2v) is 4.09. The fourth-order valence-corrected chi connectivity index (χ4v) is 2.51. The van der Waals surface area contributed by atoms with Crippen LogP contribution in [0.25, 0.3) is 0 Å². The second-order valence-electron chi connectivity index (χ2n) is 4.09. The lowest BCUT2D eigenvalue weighted by Gasteiger charge is -2.24. The Balaban J connectivity index is 2.02. The molecule has 0 spiro atoms. The van der Waals surface area contributed by atoms with Crippen LogP contribution in [0.2, 0.25) is 0 Å². The molecule has 0 amide bonds. The van der Waals surface area contributed by atoms with E-state index in [1.165, 1.54) is 12.8 Å². The van der Waals surface area contributed by atoms with E-state index in [4.69, 9.17) is 4.74 Å². The van der Waals surface area contributed by atoms with Gasteiger partial charge in [-0.3, -0.25) is 0 Å². The monoisotopic (exact) mass is 140 g/mol. The maximum atomic E-state index is 5.53. The van der Waals surface area contributed by atoms with Crippen molar-refractivity contribution in [2.45, 2.75) is 32.8 Å². The molecule has 10 heavy (non-hydrogen) atoms. The smallest absolute Gasteiger partial charge is 0.0581 e. The van der Waals surface area contributed by atoms with Gasteiger partial charge in [0.25, 0.3) is 0 Å². The van der Waals surface area contributed by atoms with E-state index in [1.54, 1.807) is 0 Å². The van der Waals surface area contributed by atoms with Gasteiger partial charge in [-0.05, 0) is 30.6 Å². The van der Waals surface area contributed by atoms with Gasteiger partial charge in [-0.15, -0.1) is 0 Å². The summed E-state index contributed by atoms with van der Waals surface area (Å²) < 4.78 is 5.53. The highest BCUT2D eigenvalue weighted by Gasteiger charge is 2.41. The highest BCUT2D eigenvalue weighted by Crippen LogP contribution is 2.43. The number of fused-ring (bicyclic) bond motifs is 2. The minimum Gasteiger partial charge on any atom is -0.378 e. The quantitative estimate of drug-likeness (QED) is 0.541. The molecule has 1 aliphatic heterocycles. The van der Waals surface area contributed by atoms with Crippen LogP contribution < -0.4 is 0 Å². The predicted octanol–water partition coefficient (Wildman–Crippen LogP) is 2.07. The summed E-state index contributed by atoms with van der Waals surface area (Å²) in [5.74, 6) is 2.75. The van der Waals surface area contributed by atoms with Gasteiger partial charge in [-0.2, -0.15) is 0 Å². The van der Waals surface area contributed by atoms with Crippen LogP contribution in [0.5, 0.6) is 0 Å². The van der Waals surface area contributed by atoms with Gasteiger partial charge in [0, 0.05) is 0 Å². The summed E-state index contributed by atoms with van der Waals surface area (Å²) in [6.07, 6.45) is 3.32. The Kier molecular flexibility index (Phi) is 1.48. The van der Waals surface area contributed by atoms with Gasteiger partial charge in [0.2, 0.25) is 0 Å². The van der Waals surface area contributed by atoms with Crippen LogP contribution in [0.1, 0.15) is 26.7 Å². The second kappa shape index (κ2) is 2.23. The Morgan fingerprint density at radius 1 is 1.30 bits per heavy atom. The summed E-state index contributed by atoms with van der Waals surface area (Å²) >= 11 is 0. The maximum absolute atomic E-state index is 5.53. The van der Waals surface area contributed by atoms with Gasteiger partial charge in [-0.25, -0.2) is 0 Å². The van der Waals surface area contributed by atoms with Crippen molar-refractivity contribution in [1.29, 1.82) is 0 Å². The zero-order valence-electron chi connectivity index (χ0n) is 6.84. The minimum atomic E-state index is 0.636. The van der Waals surface area contributed by atoms with Crippen molar-refractivity contribution in [3.05, 3.63) is 0 Å². The zero-order chi connectivity index (χ0) is 7.14. The molecule has 2 aliphatic rings. The largest absolute Gasteiger partial charge is 0.378 e. The van der Waals surface area contributed by atoms with Crippen LogP contribution in [0.3, 0.4) is 0 Å². The molecule has 0 aromatic rings. The standard InChI is InChI=1S/C9H16O/c1-6(2)9-4-8-3-7(9)5-10-8/h6-9H,3-5H2,1-2H3/t7-,8-,9+/m1/s1. The first-order valence-electron chi connectivity index (χ1n) is 4.39. The maximum Gasteiger partial charge on any atom is 0.0581 e. The van der Waals surface area contributed by atoms with Crippen molar-refractivity contribution in [3.8, 4) is 0 Å². The molecular weight excluding hydrogens is 124 g/mol. The first-order valence-corrected chi connectivity index (χ1v) is 4.39. The molecule has 2 bridgehead atoms. The van der Waals surface area contributed by atoms with Crippen molar-refractivity contribution in [2.24, 2.45) is 17.8 Å². The zero-order valence-corrected chi connectivity index (χ0v) is 6.84. The summed E-state index contributed by atoms with van der Waals surface area (Å²) in [4.78, 5) is 0. The Morgan fingerprint density at radius 3 is 2.40 bits per heavy atom. The molecule has 1 heteroatoms. The van der Waals surface area contributed by atoms with E-state index in [0.29, 0.717) is 6.10 Å². The molecule has 2 rings (SSSR count). The molecule has 1 aliphatic carbocycles. The Labute approximate surface area is 62.8 Å². The Hall–Kier alpha value is -0.0400. The molecule has 1 saturated carbocycles. The molecule has 1 saturated heterocycles. The van der Waals surface area contributed by atoms with Crippen molar-refractivity contribution >= 4 is 0 Å². The van der Waals surface area contributed by atoms with Crippen LogP contribution in [-0.4, -0.2) is 12.7 Å². The van der Waals surface area contributed by atoms with E-state index in [0.717, 1.165) is 24.4 Å². The molecule has 0 radical (unpaired) electrons. The molecule has 0 N–H and O–H groups in total. The lowest BCUT2D eigenvalue weighted by molar-refractivity contribution is 0.0403. The van der Waals surface area contributed by atoms with Gasteiger partial charge in [-0.1, -0.05) is 13.8 Å². The van der Waals surface area contributed by atoms with Crippen LogP contribution in [0.15, 0.2) is 0 Å². The predicted molar refractivity (Wildman–Crippen MR) is 40.8 cm³/mol. The van der Waals surface area contributed by atoms with E-state index in [-0.39, 0.29) is 0 Å². The van der Waals surface area contributed by atoms with Gasteiger partial charge in [0.15, 0.2) is 0 Å². The molecule has 2 fully saturated rings. The Bertz CT molecular complexity index is 131. The van der Waals surface area contributed by atoms with E-state index < -0.39 is 0 Å². The van der Waals surface area contributed by atoms with E-state index >= 15 is 0 Å². The van der Waals surface area contributed by atoms with Crippen molar-refractivity contribution in [3.63, 3.8) is 0 Å². The van der Waals surface area contributed by atoms with Crippen LogP contribution in [0, 0.1) is 17.8 Å². The van der Waals surface area contributed by atoms with E-state index in [2.05, 4.69) is 13.8 Å². The fraction of sp³-hybridized carbons (Fsp3) is 1.00. The van der Waals surface area contributed by atoms with Crippen LogP contribution >= 0.6 is 0 Å². The molecule has 0 unspecified atom stereocenters. The average molecular weight is 140 g/mol. The highest BCUT2D eigenvalue weighted by molar-refractivity contribution is 4.90. The van der Waals surface area contributed by atoms with Crippen molar-refractivity contribution in [2.75, 3.05) is 6.61 Å². The summed E-state index contributed by atoms with van der Waals surface area (Å²) in [6, 6.07) is 0. The Morgan fingerprint density at radius 2 is 2.10 bits per heavy atom. The summed E-state index contributed by atoms with van der Waals surface area (Å²) in [5.41, 5.74) is 0. The molecule has 0 aromatic carbocycles. The highest BCUT2D eigenvalue weighted by atomic mass is 16.5. The van der Waals surface area contributed by atoms with Gasteiger partial charge < -0.3 is 4.74 Å². The first kappa shape index (κ1) is 6.66. The number of hydrogen-bond donors (Lipinski definition) is 0. The lowest BCUT2D eigenvalue weighted by atomic mass is 9.86. The molecule has 1 nitrogen and oxygen atoms in total. The first-order chi connectivity index (χ1) is 4.77. The molecule has 1 heterocycles. The van der Waals surface area contributed by atoms with Gasteiger partial charge in [0.05, 0.1) is 12.7 Å². The summed E-state index contributed by atoms with van der Waals surface area (Å²) in [6.45, 7) is 5.73. The third-order valence-corrected chi connectivity index (χ3v) is 3.11. The number of rotatable bonds is 1. The van der Waals surface area contributed by atoms with Crippen molar-refractivity contribution in [1.82, 2.24) is 0 Å².